The Morgan fingerprint density at radius 1 is 1.43 bits per heavy atom. The fourth-order valence-electron chi connectivity index (χ4n) is 3.93. The number of rotatable bonds is 6. The number of nitrogens with zero attached hydrogens (tertiary/aromatic N) is 3. The van der Waals surface area contributed by atoms with Crippen LogP contribution >= 0.6 is 0 Å². The molecule has 1 aliphatic rings. The summed E-state index contributed by atoms with van der Waals surface area (Å²) < 4.78 is 2.18. The third kappa shape index (κ3) is 3.16. The van der Waals surface area contributed by atoms with Gasteiger partial charge < -0.3 is 10.2 Å². The summed E-state index contributed by atoms with van der Waals surface area (Å²) in [5.74, 6) is 0.858. The van der Waals surface area contributed by atoms with Crippen LogP contribution in [0.1, 0.15) is 57.7 Å². The van der Waals surface area contributed by atoms with Crippen molar-refractivity contribution in [3.8, 4) is 0 Å². The van der Waals surface area contributed by atoms with E-state index >= 15 is 0 Å². The van der Waals surface area contributed by atoms with Crippen molar-refractivity contribution >= 4 is 0 Å². The summed E-state index contributed by atoms with van der Waals surface area (Å²) in [6.45, 7) is 5.60. The van der Waals surface area contributed by atoms with Crippen LogP contribution in [0.4, 0.5) is 0 Å². The molecule has 1 N–H and O–H groups in total. The third-order valence-electron chi connectivity index (χ3n) is 5.34. The highest BCUT2D eigenvalue weighted by Gasteiger charge is 2.44. The van der Waals surface area contributed by atoms with E-state index < -0.39 is 0 Å². The molecule has 1 atom stereocenters. The predicted molar refractivity (Wildman–Crippen MR) is 88.4 cm³/mol. The standard InChI is InChI=1S/C17H32N4/c1-6-13-21-15(9-12-19-21)16(18-3)17(20(4)5)10-7-14(2)8-11-17/h9,12,14,16,18H,6-8,10-11,13H2,1-5H3. The molecule has 1 heterocycles. The number of hydrogen-bond acceptors (Lipinski definition) is 3. The second kappa shape index (κ2) is 6.93. The summed E-state index contributed by atoms with van der Waals surface area (Å²) in [6.07, 6.45) is 8.21. The molecule has 0 bridgehead atoms. The van der Waals surface area contributed by atoms with E-state index in [-0.39, 0.29) is 5.54 Å². The zero-order valence-electron chi connectivity index (χ0n) is 14.4. The molecule has 1 fully saturated rings. The van der Waals surface area contributed by atoms with Crippen molar-refractivity contribution in [2.75, 3.05) is 21.1 Å². The summed E-state index contributed by atoms with van der Waals surface area (Å²) in [5, 5.41) is 8.14. The summed E-state index contributed by atoms with van der Waals surface area (Å²) in [4.78, 5) is 2.45. The highest BCUT2D eigenvalue weighted by atomic mass is 15.3. The van der Waals surface area contributed by atoms with Gasteiger partial charge in [0.25, 0.3) is 0 Å². The van der Waals surface area contributed by atoms with Gasteiger partial charge in [-0.3, -0.25) is 4.68 Å². The molecular weight excluding hydrogens is 260 g/mol. The maximum Gasteiger partial charge on any atom is 0.0676 e. The largest absolute Gasteiger partial charge is 0.310 e. The SMILES string of the molecule is CCCn1nccc1C(NC)C1(N(C)C)CCC(C)CC1. The van der Waals surface area contributed by atoms with Crippen LogP contribution in [-0.4, -0.2) is 41.4 Å². The lowest BCUT2D eigenvalue weighted by atomic mass is 9.71. The molecule has 0 aromatic carbocycles. The van der Waals surface area contributed by atoms with Gasteiger partial charge in [-0.05, 0) is 65.2 Å². The van der Waals surface area contributed by atoms with Crippen molar-refractivity contribution in [3.05, 3.63) is 18.0 Å². The lowest BCUT2D eigenvalue weighted by Crippen LogP contribution is -2.55. The molecule has 0 saturated heterocycles. The monoisotopic (exact) mass is 292 g/mol. The van der Waals surface area contributed by atoms with Crippen molar-refractivity contribution in [2.45, 2.75) is 64.1 Å². The minimum Gasteiger partial charge on any atom is -0.310 e. The molecule has 0 radical (unpaired) electrons. The van der Waals surface area contributed by atoms with E-state index in [9.17, 15) is 0 Å². The van der Waals surface area contributed by atoms with Crippen LogP contribution in [0.3, 0.4) is 0 Å². The topological polar surface area (TPSA) is 33.1 Å². The van der Waals surface area contributed by atoms with E-state index in [4.69, 9.17) is 0 Å². The lowest BCUT2D eigenvalue weighted by molar-refractivity contribution is 0.0424. The summed E-state index contributed by atoms with van der Waals surface area (Å²) in [7, 11) is 6.57. The maximum absolute atomic E-state index is 4.53. The molecular formula is C17H32N4. The first-order valence-corrected chi connectivity index (χ1v) is 8.41. The van der Waals surface area contributed by atoms with Gasteiger partial charge in [-0.2, -0.15) is 5.10 Å². The Kier molecular flexibility index (Phi) is 5.44. The Bertz CT molecular complexity index is 430. The number of aryl methyl sites for hydroxylation is 1. The number of aromatic nitrogens is 2. The maximum atomic E-state index is 4.53. The molecule has 1 saturated carbocycles. The first kappa shape index (κ1) is 16.5. The van der Waals surface area contributed by atoms with Gasteiger partial charge in [-0.1, -0.05) is 13.8 Å². The molecule has 2 rings (SSSR count). The Hall–Kier alpha value is -0.870. The van der Waals surface area contributed by atoms with Crippen LogP contribution in [-0.2, 0) is 6.54 Å². The highest BCUT2D eigenvalue weighted by Crippen LogP contribution is 2.43. The molecule has 0 amide bonds. The molecule has 0 aliphatic heterocycles. The molecule has 21 heavy (non-hydrogen) atoms. The molecule has 120 valence electrons. The molecule has 1 aliphatic carbocycles. The summed E-state index contributed by atoms with van der Waals surface area (Å²) in [5.41, 5.74) is 1.54. The molecule has 1 aromatic rings. The summed E-state index contributed by atoms with van der Waals surface area (Å²) in [6, 6.07) is 2.54. The summed E-state index contributed by atoms with van der Waals surface area (Å²) >= 11 is 0. The zero-order chi connectivity index (χ0) is 15.5. The van der Waals surface area contributed by atoms with Crippen molar-refractivity contribution in [2.24, 2.45) is 5.92 Å². The van der Waals surface area contributed by atoms with Crippen molar-refractivity contribution in [3.63, 3.8) is 0 Å². The van der Waals surface area contributed by atoms with Gasteiger partial charge in [0.15, 0.2) is 0 Å². The Morgan fingerprint density at radius 2 is 2.10 bits per heavy atom. The Balaban J connectivity index is 2.34. The molecule has 1 unspecified atom stereocenters. The minimum atomic E-state index is 0.201. The van der Waals surface area contributed by atoms with Gasteiger partial charge in [0.2, 0.25) is 0 Å². The van der Waals surface area contributed by atoms with E-state index in [0.29, 0.717) is 6.04 Å². The van der Waals surface area contributed by atoms with E-state index in [1.165, 1.54) is 31.4 Å². The Morgan fingerprint density at radius 3 is 2.62 bits per heavy atom. The van der Waals surface area contributed by atoms with Gasteiger partial charge >= 0.3 is 0 Å². The number of nitrogens with one attached hydrogen (secondary N) is 1. The quantitative estimate of drug-likeness (QED) is 0.875. The Labute approximate surface area is 129 Å². The smallest absolute Gasteiger partial charge is 0.0676 e. The lowest BCUT2D eigenvalue weighted by Gasteiger charge is -2.49. The second-order valence-electron chi connectivity index (χ2n) is 6.88. The highest BCUT2D eigenvalue weighted by molar-refractivity contribution is 5.16. The van der Waals surface area contributed by atoms with Crippen LogP contribution in [0.25, 0.3) is 0 Å². The van der Waals surface area contributed by atoms with Gasteiger partial charge in [-0.15, -0.1) is 0 Å². The van der Waals surface area contributed by atoms with Gasteiger partial charge in [-0.25, -0.2) is 0 Å². The van der Waals surface area contributed by atoms with Gasteiger partial charge in [0, 0.05) is 18.3 Å². The van der Waals surface area contributed by atoms with Crippen LogP contribution < -0.4 is 5.32 Å². The van der Waals surface area contributed by atoms with Crippen molar-refractivity contribution < 1.29 is 0 Å². The minimum absolute atomic E-state index is 0.201. The molecule has 1 aromatic heterocycles. The van der Waals surface area contributed by atoms with E-state index in [1.54, 1.807) is 0 Å². The van der Waals surface area contributed by atoms with Gasteiger partial charge in [0.1, 0.15) is 0 Å². The zero-order valence-corrected chi connectivity index (χ0v) is 14.4. The normalized spacial score (nSPS) is 28.0. The van der Waals surface area contributed by atoms with Gasteiger partial charge in [0.05, 0.1) is 11.7 Å². The van der Waals surface area contributed by atoms with E-state index in [2.05, 4.69) is 61.1 Å². The molecule has 0 spiro atoms. The first-order chi connectivity index (χ1) is 10.0. The second-order valence-corrected chi connectivity index (χ2v) is 6.88. The van der Waals surface area contributed by atoms with Crippen LogP contribution in [0.5, 0.6) is 0 Å². The average molecular weight is 292 g/mol. The number of hydrogen-bond donors (Lipinski definition) is 1. The van der Waals surface area contributed by atoms with E-state index in [1.807, 2.05) is 6.20 Å². The first-order valence-electron chi connectivity index (χ1n) is 8.41. The van der Waals surface area contributed by atoms with Crippen molar-refractivity contribution in [1.82, 2.24) is 20.0 Å². The third-order valence-corrected chi connectivity index (χ3v) is 5.34. The van der Waals surface area contributed by atoms with Crippen LogP contribution in [0, 0.1) is 5.92 Å². The number of likely N-dealkylation sites (N-methyl/N-ethyl adjacent to an activating group) is 2. The predicted octanol–water partition coefficient (Wildman–Crippen LogP) is 3.06. The fourth-order valence-corrected chi connectivity index (χ4v) is 3.93. The van der Waals surface area contributed by atoms with Crippen LogP contribution in [0.15, 0.2) is 12.3 Å². The molecule has 4 nitrogen and oxygen atoms in total. The van der Waals surface area contributed by atoms with Crippen molar-refractivity contribution in [1.29, 1.82) is 0 Å². The van der Waals surface area contributed by atoms with Crippen LogP contribution in [0.2, 0.25) is 0 Å². The average Bonchev–Trinajstić information content (AvgIpc) is 2.90. The fraction of sp³-hybridized carbons (Fsp3) is 0.824. The van der Waals surface area contributed by atoms with E-state index in [0.717, 1.165) is 18.9 Å². The molecule has 4 heteroatoms.